The molecule has 6 heteroatoms. The maximum absolute atomic E-state index is 11.7. The van der Waals surface area contributed by atoms with Gasteiger partial charge in [-0.05, 0) is 31.2 Å². The third-order valence-corrected chi connectivity index (χ3v) is 3.17. The molecule has 0 saturated carbocycles. The van der Waals surface area contributed by atoms with Crippen LogP contribution in [0.5, 0.6) is 5.75 Å². The number of amides is 1. The van der Waals surface area contributed by atoms with Crippen molar-refractivity contribution in [2.24, 2.45) is 0 Å². The fourth-order valence-electron chi connectivity index (χ4n) is 1.64. The van der Waals surface area contributed by atoms with E-state index in [4.69, 9.17) is 14.2 Å². The zero-order valence-electron chi connectivity index (χ0n) is 12.9. The third kappa shape index (κ3) is 7.59. The van der Waals surface area contributed by atoms with Gasteiger partial charge in [0.15, 0.2) is 0 Å². The summed E-state index contributed by atoms with van der Waals surface area (Å²) in [4.78, 5) is 11.7. The van der Waals surface area contributed by atoms with Crippen LogP contribution in [0, 0.1) is 0 Å². The second kappa shape index (κ2) is 11.2. The van der Waals surface area contributed by atoms with Gasteiger partial charge in [0.05, 0.1) is 13.2 Å². The van der Waals surface area contributed by atoms with E-state index >= 15 is 0 Å². The molecular formula is C16H22BrNO4. The molecule has 1 aromatic carbocycles. The Morgan fingerprint density at radius 1 is 1.32 bits per heavy atom. The average Bonchev–Trinajstić information content (AvgIpc) is 2.51. The molecule has 0 unspecified atom stereocenters. The maximum Gasteiger partial charge on any atom is 0.244 e. The lowest BCUT2D eigenvalue weighted by Gasteiger charge is -2.10. The Balaban J connectivity index is 2.62. The zero-order chi connectivity index (χ0) is 16.2. The number of rotatable bonds is 10. The molecule has 0 bridgehead atoms. The molecule has 0 aliphatic heterocycles. The largest absolute Gasteiger partial charge is 0.491 e. The van der Waals surface area contributed by atoms with Gasteiger partial charge in [0.2, 0.25) is 5.91 Å². The van der Waals surface area contributed by atoms with E-state index in [1.807, 2.05) is 25.1 Å². The second-order valence-corrected chi connectivity index (χ2v) is 5.26. The van der Waals surface area contributed by atoms with Crippen molar-refractivity contribution < 1.29 is 19.0 Å². The Bertz CT molecular complexity index is 491. The first-order valence-electron chi connectivity index (χ1n) is 7.12. The Morgan fingerprint density at radius 3 is 2.86 bits per heavy atom. The third-order valence-electron chi connectivity index (χ3n) is 2.68. The number of hydrogen-bond acceptors (Lipinski definition) is 4. The van der Waals surface area contributed by atoms with Gasteiger partial charge in [-0.1, -0.05) is 15.9 Å². The summed E-state index contributed by atoms with van der Waals surface area (Å²) >= 11 is 3.42. The van der Waals surface area contributed by atoms with Gasteiger partial charge in [-0.3, -0.25) is 4.79 Å². The van der Waals surface area contributed by atoms with E-state index in [9.17, 15) is 4.79 Å². The van der Waals surface area contributed by atoms with Crippen molar-refractivity contribution in [1.82, 2.24) is 5.32 Å². The zero-order valence-corrected chi connectivity index (χ0v) is 14.5. The summed E-state index contributed by atoms with van der Waals surface area (Å²) in [5.41, 5.74) is 0.827. The molecule has 0 spiro atoms. The number of carbonyl (C=O) groups excluding carboxylic acids is 1. The SMILES string of the molecule is CCOCCOc1ccc(Br)cc1/C=C/C(=O)NCCOC. The molecule has 0 fully saturated rings. The minimum absolute atomic E-state index is 0.169. The van der Waals surface area contributed by atoms with Gasteiger partial charge in [-0.15, -0.1) is 0 Å². The fraction of sp³-hybridized carbons (Fsp3) is 0.438. The molecule has 22 heavy (non-hydrogen) atoms. The quantitative estimate of drug-likeness (QED) is 0.507. The first-order chi connectivity index (χ1) is 10.7. The molecule has 0 saturated heterocycles. The Labute approximate surface area is 139 Å². The van der Waals surface area contributed by atoms with Crippen molar-refractivity contribution in [3.05, 3.63) is 34.3 Å². The maximum atomic E-state index is 11.7. The van der Waals surface area contributed by atoms with E-state index < -0.39 is 0 Å². The Morgan fingerprint density at radius 2 is 2.14 bits per heavy atom. The number of nitrogens with one attached hydrogen (secondary N) is 1. The number of ether oxygens (including phenoxy) is 3. The summed E-state index contributed by atoms with van der Waals surface area (Å²) in [5, 5.41) is 2.72. The molecule has 1 aromatic rings. The predicted octanol–water partition coefficient (Wildman–Crippen LogP) is 2.64. The van der Waals surface area contributed by atoms with Gasteiger partial charge in [0.25, 0.3) is 0 Å². The highest BCUT2D eigenvalue weighted by Crippen LogP contribution is 2.24. The monoisotopic (exact) mass is 371 g/mol. The van der Waals surface area contributed by atoms with Crippen molar-refractivity contribution >= 4 is 27.9 Å². The molecule has 5 nitrogen and oxygen atoms in total. The van der Waals surface area contributed by atoms with Crippen LogP contribution in [-0.4, -0.2) is 46.0 Å². The van der Waals surface area contributed by atoms with Gasteiger partial charge in [0, 0.05) is 36.4 Å². The summed E-state index contributed by atoms with van der Waals surface area (Å²) in [6.07, 6.45) is 3.20. The van der Waals surface area contributed by atoms with Crippen LogP contribution >= 0.6 is 15.9 Å². The highest BCUT2D eigenvalue weighted by Gasteiger charge is 2.03. The molecule has 1 rings (SSSR count). The molecule has 1 amide bonds. The molecule has 0 aliphatic rings. The normalized spacial score (nSPS) is 10.9. The summed E-state index contributed by atoms with van der Waals surface area (Å²) in [6, 6.07) is 5.65. The minimum atomic E-state index is -0.169. The highest BCUT2D eigenvalue weighted by molar-refractivity contribution is 9.10. The number of carbonyl (C=O) groups is 1. The summed E-state index contributed by atoms with van der Waals surface area (Å²) < 4.78 is 16.7. The molecule has 0 aliphatic carbocycles. The summed E-state index contributed by atoms with van der Waals surface area (Å²) in [6.45, 7) is 4.58. The lowest BCUT2D eigenvalue weighted by Crippen LogP contribution is -2.24. The van der Waals surface area contributed by atoms with Gasteiger partial charge < -0.3 is 19.5 Å². The van der Waals surface area contributed by atoms with Crippen LogP contribution in [0.3, 0.4) is 0 Å². The van der Waals surface area contributed by atoms with E-state index in [1.54, 1.807) is 13.2 Å². The molecule has 0 aromatic heterocycles. The van der Waals surface area contributed by atoms with Crippen molar-refractivity contribution in [3.63, 3.8) is 0 Å². The second-order valence-electron chi connectivity index (χ2n) is 4.34. The number of hydrogen-bond donors (Lipinski definition) is 1. The van der Waals surface area contributed by atoms with E-state index in [0.717, 1.165) is 10.0 Å². The van der Waals surface area contributed by atoms with Crippen molar-refractivity contribution in [1.29, 1.82) is 0 Å². The standard InChI is InChI=1S/C16H22BrNO4/c1-3-21-10-11-22-15-6-5-14(17)12-13(15)4-7-16(19)18-8-9-20-2/h4-7,12H,3,8-11H2,1-2H3,(H,18,19)/b7-4+. The minimum Gasteiger partial charge on any atom is -0.491 e. The molecule has 122 valence electrons. The van der Waals surface area contributed by atoms with Gasteiger partial charge in [-0.2, -0.15) is 0 Å². The van der Waals surface area contributed by atoms with Crippen LogP contribution in [0.4, 0.5) is 0 Å². The molecular weight excluding hydrogens is 350 g/mol. The van der Waals surface area contributed by atoms with Gasteiger partial charge >= 0.3 is 0 Å². The number of methoxy groups -OCH3 is 1. The van der Waals surface area contributed by atoms with Gasteiger partial charge in [0.1, 0.15) is 12.4 Å². The summed E-state index contributed by atoms with van der Waals surface area (Å²) in [7, 11) is 1.59. The molecule has 0 heterocycles. The lowest BCUT2D eigenvalue weighted by molar-refractivity contribution is -0.116. The number of halogens is 1. The fourth-order valence-corrected chi connectivity index (χ4v) is 2.02. The van der Waals surface area contributed by atoms with E-state index in [-0.39, 0.29) is 5.91 Å². The molecule has 0 atom stereocenters. The van der Waals surface area contributed by atoms with Crippen LogP contribution in [0.2, 0.25) is 0 Å². The van der Waals surface area contributed by atoms with Crippen molar-refractivity contribution in [2.45, 2.75) is 6.92 Å². The first-order valence-corrected chi connectivity index (χ1v) is 7.91. The van der Waals surface area contributed by atoms with E-state index in [1.165, 1.54) is 6.08 Å². The Hall–Kier alpha value is -1.37. The first kappa shape index (κ1) is 18.7. The van der Waals surface area contributed by atoms with Crippen LogP contribution in [0.1, 0.15) is 12.5 Å². The van der Waals surface area contributed by atoms with Crippen molar-refractivity contribution in [2.75, 3.05) is 40.1 Å². The average molecular weight is 372 g/mol. The molecule has 0 radical (unpaired) electrons. The lowest BCUT2D eigenvalue weighted by atomic mass is 10.2. The number of benzene rings is 1. The van der Waals surface area contributed by atoms with Crippen LogP contribution in [0.25, 0.3) is 6.08 Å². The van der Waals surface area contributed by atoms with Crippen LogP contribution in [0.15, 0.2) is 28.7 Å². The van der Waals surface area contributed by atoms with E-state index in [2.05, 4.69) is 21.2 Å². The molecule has 1 N–H and O–H groups in total. The highest BCUT2D eigenvalue weighted by atomic mass is 79.9. The van der Waals surface area contributed by atoms with Gasteiger partial charge in [-0.25, -0.2) is 0 Å². The predicted molar refractivity (Wildman–Crippen MR) is 90.0 cm³/mol. The topological polar surface area (TPSA) is 56.8 Å². The smallest absolute Gasteiger partial charge is 0.244 e. The van der Waals surface area contributed by atoms with Crippen LogP contribution in [-0.2, 0) is 14.3 Å². The van der Waals surface area contributed by atoms with Crippen molar-refractivity contribution in [3.8, 4) is 5.75 Å². The Kier molecular flexibility index (Phi) is 9.54. The summed E-state index contributed by atoms with van der Waals surface area (Å²) in [5.74, 6) is 0.543. The van der Waals surface area contributed by atoms with Crippen LogP contribution < -0.4 is 10.1 Å². The van der Waals surface area contributed by atoms with E-state index in [0.29, 0.717) is 38.7 Å².